The molecule has 2 fully saturated rings. The summed E-state index contributed by atoms with van der Waals surface area (Å²) in [6.45, 7) is 10.2. The molecule has 0 unspecified atom stereocenters. The smallest absolute Gasteiger partial charge is 0.236 e. The van der Waals surface area contributed by atoms with Gasteiger partial charge >= 0.3 is 0 Å². The van der Waals surface area contributed by atoms with Crippen LogP contribution < -0.4 is 5.32 Å². The van der Waals surface area contributed by atoms with E-state index in [2.05, 4.69) is 15.1 Å². The molecule has 2 heterocycles. The Morgan fingerprint density at radius 2 is 1.86 bits per heavy atom. The van der Waals surface area contributed by atoms with E-state index in [1.165, 1.54) is 0 Å². The summed E-state index contributed by atoms with van der Waals surface area (Å²) in [5, 5.41) is 3.38. The first kappa shape index (κ1) is 16.7. The van der Waals surface area contributed by atoms with E-state index in [0.717, 1.165) is 78.4 Å². The van der Waals surface area contributed by atoms with Crippen molar-refractivity contribution in [2.45, 2.75) is 12.8 Å². The number of hydrogen-bond donors (Lipinski definition) is 1. The largest absolute Gasteiger partial charge is 0.383 e. The molecule has 0 aromatic carbocycles. The van der Waals surface area contributed by atoms with Gasteiger partial charge in [0.25, 0.3) is 0 Å². The number of carbonyl (C=O) groups is 1. The zero-order valence-corrected chi connectivity index (χ0v) is 13.4. The minimum Gasteiger partial charge on any atom is -0.383 e. The second kappa shape index (κ2) is 9.35. The fraction of sp³-hybridized carbons (Fsp3) is 0.933. The average molecular weight is 298 g/mol. The molecule has 0 aliphatic carbocycles. The van der Waals surface area contributed by atoms with Gasteiger partial charge < -0.3 is 15.0 Å². The summed E-state index contributed by atoms with van der Waals surface area (Å²) in [5.74, 6) is 0.297. The Morgan fingerprint density at radius 1 is 1.00 bits per heavy atom. The van der Waals surface area contributed by atoms with Crippen LogP contribution in [0.3, 0.4) is 0 Å². The molecular weight excluding hydrogens is 268 g/mol. The van der Waals surface area contributed by atoms with E-state index in [4.69, 9.17) is 4.74 Å². The first-order chi connectivity index (χ1) is 10.3. The molecule has 2 aliphatic heterocycles. The van der Waals surface area contributed by atoms with Gasteiger partial charge in [-0.05, 0) is 32.5 Å². The Bertz CT molecular complexity index is 306. The number of nitrogens with one attached hydrogen (secondary N) is 1. The molecule has 2 saturated heterocycles. The Labute approximate surface area is 128 Å². The molecule has 21 heavy (non-hydrogen) atoms. The summed E-state index contributed by atoms with van der Waals surface area (Å²) in [5.41, 5.74) is 0. The van der Waals surface area contributed by atoms with Gasteiger partial charge in [0.15, 0.2) is 0 Å². The third-order valence-electron chi connectivity index (χ3n) is 4.34. The molecule has 122 valence electrons. The predicted molar refractivity (Wildman–Crippen MR) is 83.4 cm³/mol. The van der Waals surface area contributed by atoms with Gasteiger partial charge in [-0.2, -0.15) is 0 Å². The van der Waals surface area contributed by atoms with Crippen molar-refractivity contribution in [3.63, 3.8) is 0 Å². The normalized spacial score (nSPS) is 22.8. The topological polar surface area (TPSA) is 48.1 Å². The van der Waals surface area contributed by atoms with Crippen LogP contribution in [-0.4, -0.2) is 99.8 Å². The molecule has 1 amide bonds. The second-order valence-electron chi connectivity index (χ2n) is 5.95. The first-order valence-electron chi connectivity index (χ1n) is 8.22. The van der Waals surface area contributed by atoms with Crippen LogP contribution >= 0.6 is 0 Å². The van der Waals surface area contributed by atoms with Crippen LogP contribution in [0.25, 0.3) is 0 Å². The number of amides is 1. The summed E-state index contributed by atoms with van der Waals surface area (Å²) in [7, 11) is 1.74. The van der Waals surface area contributed by atoms with Gasteiger partial charge in [0.05, 0.1) is 13.2 Å². The summed E-state index contributed by atoms with van der Waals surface area (Å²) >= 11 is 0. The fourth-order valence-electron chi connectivity index (χ4n) is 3.02. The molecule has 2 aliphatic rings. The van der Waals surface area contributed by atoms with Crippen LogP contribution in [0.5, 0.6) is 0 Å². The predicted octanol–water partition coefficient (Wildman–Crippen LogP) is -0.538. The monoisotopic (exact) mass is 298 g/mol. The number of methoxy groups -OCH3 is 1. The molecule has 1 N–H and O–H groups in total. The summed E-state index contributed by atoms with van der Waals surface area (Å²) in [6.07, 6.45) is 2.20. The highest BCUT2D eigenvalue weighted by molar-refractivity contribution is 5.78. The Balaban J connectivity index is 1.74. The van der Waals surface area contributed by atoms with Gasteiger partial charge in [0.2, 0.25) is 5.91 Å². The average Bonchev–Trinajstić information content (AvgIpc) is 2.87. The highest BCUT2D eigenvalue weighted by atomic mass is 16.5. The maximum atomic E-state index is 12.5. The Hall–Kier alpha value is -0.690. The number of nitrogens with zero attached hydrogens (tertiary/aromatic N) is 3. The lowest BCUT2D eigenvalue weighted by Crippen LogP contribution is -2.43. The number of rotatable bonds is 5. The molecule has 6 nitrogen and oxygen atoms in total. The van der Waals surface area contributed by atoms with E-state index < -0.39 is 0 Å². The van der Waals surface area contributed by atoms with Crippen LogP contribution in [0.15, 0.2) is 0 Å². The van der Waals surface area contributed by atoms with E-state index in [-0.39, 0.29) is 0 Å². The van der Waals surface area contributed by atoms with Crippen LogP contribution in [0.2, 0.25) is 0 Å². The highest BCUT2D eigenvalue weighted by Crippen LogP contribution is 2.05. The minimum atomic E-state index is 0.297. The molecule has 2 rings (SSSR count). The van der Waals surface area contributed by atoms with Gasteiger partial charge in [-0.15, -0.1) is 0 Å². The second-order valence-corrected chi connectivity index (χ2v) is 5.95. The third-order valence-corrected chi connectivity index (χ3v) is 4.34. The Morgan fingerprint density at radius 3 is 2.71 bits per heavy atom. The van der Waals surface area contributed by atoms with Gasteiger partial charge in [-0.25, -0.2) is 0 Å². The molecule has 6 heteroatoms. The molecule has 0 saturated carbocycles. The van der Waals surface area contributed by atoms with Gasteiger partial charge in [-0.3, -0.25) is 14.6 Å². The lowest BCUT2D eigenvalue weighted by atomic mass is 10.3. The number of carbonyl (C=O) groups excluding carboxylic acids is 1. The Kier molecular flexibility index (Phi) is 7.43. The molecule has 0 spiro atoms. The molecule has 0 radical (unpaired) electrons. The summed E-state index contributed by atoms with van der Waals surface area (Å²) in [6, 6.07) is 0. The van der Waals surface area contributed by atoms with Gasteiger partial charge in [-0.1, -0.05) is 0 Å². The lowest BCUT2D eigenvalue weighted by Gasteiger charge is -2.25. The van der Waals surface area contributed by atoms with Crippen molar-refractivity contribution in [1.29, 1.82) is 0 Å². The number of ether oxygens (including phenoxy) is 1. The summed E-state index contributed by atoms with van der Waals surface area (Å²) in [4.78, 5) is 19.2. The van der Waals surface area contributed by atoms with E-state index in [1.54, 1.807) is 7.11 Å². The van der Waals surface area contributed by atoms with E-state index in [1.807, 2.05) is 4.90 Å². The minimum absolute atomic E-state index is 0.297. The van der Waals surface area contributed by atoms with Gasteiger partial charge in [0.1, 0.15) is 0 Å². The van der Waals surface area contributed by atoms with Crippen molar-refractivity contribution >= 4 is 5.91 Å². The highest BCUT2D eigenvalue weighted by Gasteiger charge is 2.21. The van der Waals surface area contributed by atoms with Crippen molar-refractivity contribution in [1.82, 2.24) is 20.0 Å². The molecular formula is C15H30N4O2. The molecule has 0 aromatic rings. The fourth-order valence-corrected chi connectivity index (χ4v) is 3.02. The molecule has 0 aromatic heterocycles. The first-order valence-corrected chi connectivity index (χ1v) is 8.22. The number of hydrogen-bond acceptors (Lipinski definition) is 5. The maximum absolute atomic E-state index is 12.5. The maximum Gasteiger partial charge on any atom is 0.236 e. The van der Waals surface area contributed by atoms with Crippen molar-refractivity contribution < 1.29 is 9.53 Å². The molecule has 0 atom stereocenters. The van der Waals surface area contributed by atoms with Crippen molar-refractivity contribution in [3.8, 4) is 0 Å². The van der Waals surface area contributed by atoms with Gasteiger partial charge in [0, 0.05) is 46.4 Å². The van der Waals surface area contributed by atoms with Crippen molar-refractivity contribution in [2.75, 3.05) is 79.2 Å². The van der Waals surface area contributed by atoms with E-state index in [0.29, 0.717) is 12.5 Å². The standard InChI is InChI=1S/C15H30N4O2/c1-21-13-12-17-7-3-8-19(11-10-17)15(20)14-18-6-2-4-16-5-9-18/h16H,2-14H2,1H3. The lowest BCUT2D eigenvalue weighted by molar-refractivity contribution is -0.132. The van der Waals surface area contributed by atoms with E-state index >= 15 is 0 Å². The van der Waals surface area contributed by atoms with Crippen LogP contribution in [0.4, 0.5) is 0 Å². The SMILES string of the molecule is COCCN1CCCN(C(=O)CN2CCCNCC2)CC1. The zero-order valence-electron chi connectivity index (χ0n) is 13.4. The van der Waals surface area contributed by atoms with Crippen LogP contribution in [-0.2, 0) is 9.53 Å². The van der Waals surface area contributed by atoms with E-state index in [9.17, 15) is 4.79 Å². The third kappa shape index (κ3) is 5.90. The zero-order chi connectivity index (χ0) is 14.9. The van der Waals surface area contributed by atoms with Crippen LogP contribution in [0.1, 0.15) is 12.8 Å². The van der Waals surface area contributed by atoms with Crippen molar-refractivity contribution in [2.24, 2.45) is 0 Å². The van der Waals surface area contributed by atoms with Crippen molar-refractivity contribution in [3.05, 3.63) is 0 Å². The molecule has 0 bridgehead atoms. The quantitative estimate of drug-likeness (QED) is 0.739. The van der Waals surface area contributed by atoms with Crippen LogP contribution in [0, 0.1) is 0 Å². The summed E-state index contributed by atoms with van der Waals surface area (Å²) < 4.78 is 5.14.